The molecule has 0 spiro atoms. The number of rotatable bonds is 2. The Hall–Kier alpha value is -1.84. The number of ether oxygens (including phenoxy) is 1. The molecule has 4 heteroatoms. The van der Waals surface area contributed by atoms with Crippen molar-refractivity contribution in [1.29, 1.82) is 0 Å². The van der Waals surface area contributed by atoms with Crippen LogP contribution in [0.5, 0.6) is 5.75 Å². The molecule has 2 heterocycles. The number of pyridine rings is 1. The van der Waals surface area contributed by atoms with Crippen molar-refractivity contribution in [3.05, 3.63) is 30.7 Å². The van der Waals surface area contributed by atoms with Crippen LogP contribution in [0.1, 0.15) is 12.0 Å². The largest absolute Gasteiger partial charge is 0.465 e. The van der Waals surface area contributed by atoms with Gasteiger partial charge in [0.1, 0.15) is 11.6 Å². The summed E-state index contributed by atoms with van der Waals surface area (Å²) in [6.07, 6.45) is 4.11. The highest BCUT2D eigenvalue weighted by Crippen LogP contribution is 2.28. The second-order valence-corrected chi connectivity index (χ2v) is 2.97. The number of hydrogen-bond donors (Lipinski definition) is 1. The van der Waals surface area contributed by atoms with E-state index in [0.29, 0.717) is 24.4 Å². The van der Waals surface area contributed by atoms with Crippen LogP contribution in [-0.2, 0) is 11.2 Å². The van der Waals surface area contributed by atoms with Gasteiger partial charge in [-0.3, -0.25) is 4.79 Å². The van der Waals surface area contributed by atoms with E-state index in [1.807, 2.05) is 0 Å². The zero-order valence-electron chi connectivity index (χ0n) is 7.62. The van der Waals surface area contributed by atoms with Gasteiger partial charge in [0.25, 0.3) is 0 Å². The third-order valence-corrected chi connectivity index (χ3v) is 2.08. The predicted octanol–water partition coefficient (Wildman–Crippen LogP) is 1.49. The Kier molecular flexibility index (Phi) is 2.18. The number of carbonyl (C=O) groups excluding carboxylic acids is 1. The maximum atomic E-state index is 11.1. The average molecular weight is 190 g/mol. The van der Waals surface area contributed by atoms with Crippen LogP contribution >= 0.6 is 0 Å². The molecule has 1 aliphatic rings. The van der Waals surface area contributed by atoms with Crippen LogP contribution in [0.4, 0.5) is 5.82 Å². The molecule has 72 valence electrons. The van der Waals surface area contributed by atoms with Crippen LogP contribution in [-0.4, -0.2) is 10.9 Å². The van der Waals surface area contributed by atoms with E-state index in [-0.39, 0.29) is 5.91 Å². The SMILES string of the molecule is C=COc1ccnc2c1CCC(=O)N2. The predicted molar refractivity (Wildman–Crippen MR) is 52.0 cm³/mol. The molecule has 0 bridgehead atoms. The fourth-order valence-electron chi connectivity index (χ4n) is 1.46. The smallest absolute Gasteiger partial charge is 0.225 e. The van der Waals surface area contributed by atoms with Crippen molar-refractivity contribution in [3.8, 4) is 5.75 Å². The number of nitrogens with one attached hydrogen (secondary N) is 1. The van der Waals surface area contributed by atoms with Gasteiger partial charge < -0.3 is 10.1 Å². The Labute approximate surface area is 81.6 Å². The van der Waals surface area contributed by atoms with Crippen LogP contribution in [0.15, 0.2) is 25.1 Å². The zero-order chi connectivity index (χ0) is 9.97. The van der Waals surface area contributed by atoms with Gasteiger partial charge in [-0.15, -0.1) is 0 Å². The number of carbonyl (C=O) groups is 1. The molecule has 1 aromatic heterocycles. The van der Waals surface area contributed by atoms with Crippen LogP contribution < -0.4 is 10.1 Å². The van der Waals surface area contributed by atoms with Gasteiger partial charge >= 0.3 is 0 Å². The molecular weight excluding hydrogens is 180 g/mol. The Morgan fingerprint density at radius 2 is 2.43 bits per heavy atom. The molecule has 0 atom stereocenters. The second-order valence-electron chi connectivity index (χ2n) is 2.97. The quantitative estimate of drug-likeness (QED) is 0.719. The van der Waals surface area contributed by atoms with Crippen LogP contribution in [0.2, 0.25) is 0 Å². The fraction of sp³-hybridized carbons (Fsp3) is 0.200. The first-order valence-corrected chi connectivity index (χ1v) is 4.36. The average Bonchev–Trinajstić information content (AvgIpc) is 2.18. The van der Waals surface area contributed by atoms with Crippen molar-refractivity contribution >= 4 is 11.7 Å². The summed E-state index contributed by atoms with van der Waals surface area (Å²) in [6, 6.07) is 1.76. The van der Waals surface area contributed by atoms with Crippen molar-refractivity contribution in [3.63, 3.8) is 0 Å². The Balaban J connectivity index is 2.40. The molecule has 0 aliphatic carbocycles. The van der Waals surface area contributed by atoms with E-state index < -0.39 is 0 Å². The Morgan fingerprint density at radius 1 is 1.57 bits per heavy atom. The molecule has 1 amide bonds. The number of hydrogen-bond acceptors (Lipinski definition) is 3. The van der Waals surface area contributed by atoms with Gasteiger partial charge in [-0.2, -0.15) is 0 Å². The van der Waals surface area contributed by atoms with E-state index in [1.54, 1.807) is 12.3 Å². The first-order valence-electron chi connectivity index (χ1n) is 4.36. The summed E-state index contributed by atoms with van der Waals surface area (Å²) in [5.41, 5.74) is 0.937. The Bertz CT molecular complexity index is 373. The monoisotopic (exact) mass is 190 g/mol. The summed E-state index contributed by atoms with van der Waals surface area (Å²) in [7, 11) is 0. The molecule has 1 N–H and O–H groups in total. The normalized spacial score (nSPS) is 14.1. The van der Waals surface area contributed by atoms with Gasteiger partial charge in [0.05, 0.1) is 6.26 Å². The van der Waals surface area contributed by atoms with E-state index in [0.717, 1.165) is 5.56 Å². The van der Waals surface area contributed by atoms with E-state index >= 15 is 0 Å². The fourth-order valence-corrected chi connectivity index (χ4v) is 1.46. The molecule has 14 heavy (non-hydrogen) atoms. The first kappa shape index (κ1) is 8.74. The summed E-state index contributed by atoms with van der Waals surface area (Å²) in [6.45, 7) is 3.49. The molecule has 2 rings (SSSR count). The first-order chi connectivity index (χ1) is 6.81. The summed E-state index contributed by atoms with van der Waals surface area (Å²) in [4.78, 5) is 15.1. The molecule has 0 saturated carbocycles. The van der Waals surface area contributed by atoms with E-state index in [1.165, 1.54) is 6.26 Å². The lowest BCUT2D eigenvalue weighted by Crippen LogP contribution is -2.20. The van der Waals surface area contributed by atoms with Crippen LogP contribution in [0, 0.1) is 0 Å². The van der Waals surface area contributed by atoms with E-state index in [9.17, 15) is 4.79 Å². The van der Waals surface area contributed by atoms with Gasteiger partial charge in [0.15, 0.2) is 0 Å². The number of fused-ring (bicyclic) bond motifs is 1. The van der Waals surface area contributed by atoms with Gasteiger partial charge in [-0.25, -0.2) is 4.98 Å². The molecule has 0 saturated heterocycles. The second kappa shape index (κ2) is 3.49. The van der Waals surface area contributed by atoms with E-state index in [2.05, 4.69) is 16.9 Å². The highest BCUT2D eigenvalue weighted by Gasteiger charge is 2.19. The summed E-state index contributed by atoms with van der Waals surface area (Å²) in [5.74, 6) is 1.31. The van der Waals surface area contributed by atoms with Crippen LogP contribution in [0.25, 0.3) is 0 Å². The molecule has 0 aromatic carbocycles. The minimum absolute atomic E-state index is 0.000697. The molecule has 0 fully saturated rings. The zero-order valence-corrected chi connectivity index (χ0v) is 7.62. The van der Waals surface area contributed by atoms with Crippen molar-refractivity contribution in [2.45, 2.75) is 12.8 Å². The molecule has 1 aromatic rings. The summed E-state index contributed by atoms with van der Waals surface area (Å²) >= 11 is 0. The maximum absolute atomic E-state index is 11.1. The number of aromatic nitrogens is 1. The van der Waals surface area contributed by atoms with Crippen molar-refractivity contribution < 1.29 is 9.53 Å². The number of amides is 1. The lowest BCUT2D eigenvalue weighted by molar-refractivity contribution is -0.116. The molecule has 0 radical (unpaired) electrons. The minimum atomic E-state index is 0.000697. The van der Waals surface area contributed by atoms with Crippen molar-refractivity contribution in [2.75, 3.05) is 5.32 Å². The molecular formula is C10H10N2O2. The van der Waals surface area contributed by atoms with Crippen molar-refractivity contribution in [2.24, 2.45) is 0 Å². The number of anilines is 1. The summed E-state index contributed by atoms with van der Waals surface area (Å²) in [5, 5.41) is 2.69. The Morgan fingerprint density at radius 3 is 3.21 bits per heavy atom. The van der Waals surface area contributed by atoms with Crippen molar-refractivity contribution in [1.82, 2.24) is 4.98 Å². The molecule has 1 aliphatic heterocycles. The highest BCUT2D eigenvalue weighted by atomic mass is 16.5. The number of nitrogens with zero attached hydrogens (tertiary/aromatic N) is 1. The van der Waals surface area contributed by atoms with Gasteiger partial charge in [0, 0.05) is 18.2 Å². The van der Waals surface area contributed by atoms with Gasteiger partial charge in [0.2, 0.25) is 5.91 Å². The lowest BCUT2D eigenvalue weighted by atomic mass is 10.1. The maximum Gasteiger partial charge on any atom is 0.225 e. The lowest BCUT2D eigenvalue weighted by Gasteiger charge is -2.17. The topological polar surface area (TPSA) is 51.2 Å². The molecule has 0 unspecified atom stereocenters. The third-order valence-electron chi connectivity index (χ3n) is 2.08. The van der Waals surface area contributed by atoms with Crippen LogP contribution in [0.3, 0.4) is 0 Å². The standard InChI is InChI=1S/C10H10N2O2/c1-2-14-8-5-6-11-10-7(8)3-4-9(13)12-10/h2,5-6H,1,3-4H2,(H,11,12,13). The van der Waals surface area contributed by atoms with Gasteiger partial charge in [-0.1, -0.05) is 6.58 Å². The third kappa shape index (κ3) is 1.46. The highest BCUT2D eigenvalue weighted by molar-refractivity contribution is 5.93. The van der Waals surface area contributed by atoms with E-state index in [4.69, 9.17) is 4.74 Å². The summed E-state index contributed by atoms with van der Waals surface area (Å²) < 4.78 is 5.21. The minimum Gasteiger partial charge on any atom is -0.465 e. The molecule has 4 nitrogen and oxygen atoms in total. The van der Waals surface area contributed by atoms with Gasteiger partial charge in [-0.05, 0) is 12.5 Å².